The van der Waals surface area contributed by atoms with Gasteiger partial charge in [-0.1, -0.05) is 29.3 Å². The highest BCUT2D eigenvalue weighted by atomic mass is 35.5. The van der Waals surface area contributed by atoms with Crippen LogP contribution in [0.25, 0.3) is 0 Å². The molecule has 0 radical (unpaired) electrons. The fourth-order valence-electron chi connectivity index (χ4n) is 5.37. The minimum absolute atomic E-state index is 0.0487. The maximum absolute atomic E-state index is 13.1. The highest BCUT2D eigenvalue weighted by Gasteiger charge is 2.47. The summed E-state index contributed by atoms with van der Waals surface area (Å²) in [6.45, 7) is 3.17. The van der Waals surface area contributed by atoms with Gasteiger partial charge in [-0.2, -0.15) is 0 Å². The number of carbonyl (C=O) groups excluding carboxylic acids is 1. The topological polar surface area (TPSA) is 32.8 Å². The van der Waals surface area contributed by atoms with Gasteiger partial charge in [0, 0.05) is 35.8 Å². The van der Waals surface area contributed by atoms with E-state index < -0.39 is 0 Å². The van der Waals surface area contributed by atoms with E-state index in [1.54, 1.807) is 12.1 Å². The normalized spacial score (nSPS) is 30.8. The summed E-state index contributed by atoms with van der Waals surface area (Å²) in [5.41, 5.74) is 0.889. The molecule has 4 rings (SSSR count). The van der Waals surface area contributed by atoms with Crippen LogP contribution in [-0.4, -0.2) is 60.1 Å². The van der Waals surface area contributed by atoms with Gasteiger partial charge in [0.05, 0.1) is 12.0 Å². The van der Waals surface area contributed by atoms with Crippen LogP contribution in [0.5, 0.6) is 0 Å². The minimum atomic E-state index is 0.0487. The Kier molecular flexibility index (Phi) is 6.22. The zero-order valence-electron chi connectivity index (χ0n) is 16.6. The molecule has 1 aliphatic carbocycles. The van der Waals surface area contributed by atoms with Gasteiger partial charge in [-0.3, -0.25) is 9.69 Å². The number of rotatable bonds is 4. The molecule has 2 aliphatic heterocycles. The Balaban J connectivity index is 1.49. The summed E-state index contributed by atoms with van der Waals surface area (Å²) in [5.74, 6) is 0.127. The molecular weight excluding hydrogens is 395 g/mol. The number of nitrogens with zero attached hydrogens (tertiary/aromatic N) is 2. The van der Waals surface area contributed by atoms with Gasteiger partial charge in [0.25, 0.3) is 0 Å². The summed E-state index contributed by atoms with van der Waals surface area (Å²) >= 11 is 12.3. The molecule has 28 heavy (non-hydrogen) atoms. The van der Waals surface area contributed by atoms with Gasteiger partial charge in [-0.05, 0) is 75.7 Å². The third-order valence-electron chi connectivity index (χ3n) is 6.96. The van der Waals surface area contributed by atoms with Crippen molar-refractivity contribution in [2.75, 3.05) is 26.7 Å². The lowest BCUT2D eigenvalue weighted by Crippen LogP contribution is -2.58. The maximum atomic E-state index is 13.1. The molecule has 0 N–H and O–H groups in total. The summed E-state index contributed by atoms with van der Waals surface area (Å²) in [4.78, 5) is 17.7. The van der Waals surface area contributed by atoms with Gasteiger partial charge in [0.1, 0.15) is 0 Å². The van der Waals surface area contributed by atoms with Gasteiger partial charge in [-0.15, -0.1) is 0 Å². The van der Waals surface area contributed by atoms with Gasteiger partial charge in [-0.25, -0.2) is 0 Å². The molecule has 2 heterocycles. The van der Waals surface area contributed by atoms with Crippen molar-refractivity contribution in [2.24, 2.45) is 0 Å². The fraction of sp³-hybridized carbons (Fsp3) is 0.682. The van der Waals surface area contributed by atoms with E-state index in [0.717, 1.165) is 44.5 Å². The molecule has 3 atom stereocenters. The molecule has 1 spiro atoms. The largest absolute Gasteiger partial charge is 0.375 e. The number of likely N-dealkylation sites (N-methyl/N-ethyl adjacent to an activating group) is 1. The van der Waals surface area contributed by atoms with Crippen molar-refractivity contribution in [1.82, 2.24) is 9.80 Å². The number of hydrogen-bond acceptors (Lipinski definition) is 3. The third-order valence-corrected chi connectivity index (χ3v) is 7.55. The van der Waals surface area contributed by atoms with E-state index in [4.69, 9.17) is 27.9 Å². The van der Waals surface area contributed by atoms with Gasteiger partial charge in [0.2, 0.25) is 5.91 Å². The van der Waals surface area contributed by atoms with Gasteiger partial charge >= 0.3 is 0 Å². The average Bonchev–Trinajstić information content (AvgIpc) is 3.36. The predicted molar refractivity (Wildman–Crippen MR) is 113 cm³/mol. The monoisotopic (exact) mass is 424 g/mol. The second-order valence-electron chi connectivity index (χ2n) is 8.67. The fourth-order valence-corrected chi connectivity index (χ4v) is 5.85. The van der Waals surface area contributed by atoms with Crippen LogP contribution in [0, 0.1) is 0 Å². The van der Waals surface area contributed by atoms with E-state index in [9.17, 15) is 4.79 Å². The Bertz CT molecular complexity index is 714. The SMILES string of the molecule is CN(C(=O)Cc1ccc(Cl)cc1Cl)[C@@H]1CC[C@]2(CCCO2)C[C@H]1N1CCCC1. The van der Waals surface area contributed by atoms with Gasteiger partial charge in [0.15, 0.2) is 0 Å². The second-order valence-corrected chi connectivity index (χ2v) is 9.52. The van der Waals surface area contributed by atoms with Crippen molar-refractivity contribution < 1.29 is 9.53 Å². The summed E-state index contributed by atoms with van der Waals surface area (Å²) in [6.07, 6.45) is 8.29. The van der Waals surface area contributed by atoms with Crippen LogP contribution in [0.4, 0.5) is 0 Å². The first-order valence-electron chi connectivity index (χ1n) is 10.6. The molecule has 4 nitrogen and oxygen atoms in total. The van der Waals surface area contributed by atoms with E-state index in [-0.39, 0.29) is 17.6 Å². The zero-order chi connectivity index (χ0) is 19.7. The Morgan fingerprint density at radius 2 is 2.04 bits per heavy atom. The molecule has 3 aliphatic rings. The van der Waals surface area contributed by atoms with Crippen molar-refractivity contribution in [1.29, 1.82) is 0 Å². The summed E-state index contributed by atoms with van der Waals surface area (Å²) < 4.78 is 6.22. The lowest BCUT2D eigenvalue weighted by atomic mass is 9.76. The Labute approximate surface area is 178 Å². The number of hydrogen-bond donors (Lipinski definition) is 0. The molecule has 154 valence electrons. The number of likely N-dealkylation sites (tertiary alicyclic amines) is 1. The number of carbonyl (C=O) groups is 1. The van der Waals surface area contributed by atoms with Gasteiger partial charge < -0.3 is 9.64 Å². The van der Waals surface area contributed by atoms with E-state index in [1.165, 1.54) is 25.7 Å². The van der Waals surface area contributed by atoms with Crippen LogP contribution in [0.2, 0.25) is 10.0 Å². The van der Waals surface area contributed by atoms with E-state index in [2.05, 4.69) is 4.90 Å². The first kappa shape index (κ1) is 20.5. The minimum Gasteiger partial charge on any atom is -0.375 e. The van der Waals surface area contributed by atoms with Crippen LogP contribution in [0.3, 0.4) is 0 Å². The first-order valence-corrected chi connectivity index (χ1v) is 11.3. The maximum Gasteiger partial charge on any atom is 0.227 e. The molecular formula is C22H30Cl2N2O2. The van der Waals surface area contributed by atoms with Crippen molar-refractivity contribution >= 4 is 29.1 Å². The average molecular weight is 425 g/mol. The molecule has 0 aromatic heterocycles. The van der Waals surface area contributed by atoms with E-state index >= 15 is 0 Å². The zero-order valence-corrected chi connectivity index (χ0v) is 18.1. The quantitative estimate of drug-likeness (QED) is 0.709. The number of ether oxygens (including phenoxy) is 1. The van der Waals surface area contributed by atoms with Crippen molar-refractivity contribution in [2.45, 2.75) is 69.1 Å². The summed E-state index contributed by atoms with van der Waals surface area (Å²) in [5, 5.41) is 1.16. The lowest BCUT2D eigenvalue weighted by molar-refractivity contribution is -0.136. The lowest BCUT2D eigenvalue weighted by Gasteiger charge is -2.48. The molecule has 1 aromatic carbocycles. The van der Waals surface area contributed by atoms with Crippen LogP contribution in [-0.2, 0) is 16.0 Å². The molecule has 2 saturated heterocycles. The smallest absolute Gasteiger partial charge is 0.227 e. The summed E-state index contributed by atoms with van der Waals surface area (Å²) in [6, 6.07) is 6.00. The van der Waals surface area contributed by atoms with Crippen LogP contribution < -0.4 is 0 Å². The molecule has 0 unspecified atom stereocenters. The Hall–Kier alpha value is -0.810. The second kappa shape index (κ2) is 8.51. The van der Waals surface area contributed by atoms with Crippen LogP contribution in [0.1, 0.15) is 50.5 Å². The Morgan fingerprint density at radius 3 is 2.71 bits per heavy atom. The predicted octanol–water partition coefficient (Wildman–Crippen LogP) is 4.56. The van der Waals surface area contributed by atoms with Crippen LogP contribution in [0.15, 0.2) is 18.2 Å². The van der Waals surface area contributed by atoms with Crippen molar-refractivity contribution in [3.63, 3.8) is 0 Å². The Morgan fingerprint density at radius 1 is 1.25 bits per heavy atom. The molecule has 1 aromatic rings. The highest BCUT2D eigenvalue weighted by Crippen LogP contribution is 2.43. The first-order chi connectivity index (χ1) is 13.5. The highest BCUT2D eigenvalue weighted by molar-refractivity contribution is 6.35. The summed E-state index contributed by atoms with van der Waals surface area (Å²) in [7, 11) is 1.97. The molecule has 1 saturated carbocycles. The third kappa shape index (κ3) is 4.21. The van der Waals surface area contributed by atoms with E-state index in [0.29, 0.717) is 22.5 Å². The van der Waals surface area contributed by atoms with Crippen LogP contribution >= 0.6 is 23.2 Å². The number of halogens is 2. The van der Waals surface area contributed by atoms with Crippen molar-refractivity contribution in [3.05, 3.63) is 33.8 Å². The molecule has 0 bridgehead atoms. The van der Waals surface area contributed by atoms with Crippen molar-refractivity contribution in [3.8, 4) is 0 Å². The van der Waals surface area contributed by atoms with E-state index in [1.807, 2.05) is 18.0 Å². The molecule has 1 amide bonds. The number of amides is 1. The standard InChI is InChI=1S/C22H30Cl2N2O2/c1-25(21(27)13-16-5-6-17(23)14-18(16)24)19-7-9-22(8-4-12-28-22)15-20(19)26-10-2-3-11-26/h5-6,14,19-20H,2-4,7-13,15H2,1H3/t19-,20-,22-/m1/s1. The molecule has 3 fully saturated rings. The number of benzene rings is 1. The molecule has 6 heteroatoms.